The lowest BCUT2D eigenvalue weighted by atomic mass is 9.84. The summed E-state index contributed by atoms with van der Waals surface area (Å²) in [4.78, 5) is 0. The Morgan fingerprint density at radius 3 is 2.78 bits per heavy atom. The zero-order valence-corrected chi connectivity index (χ0v) is 12.6. The third kappa shape index (κ3) is 4.75. The SMILES string of the molecule is CCCNC(CC1CCCCC1)C1CSCCO1. The van der Waals surface area contributed by atoms with Crippen LogP contribution in [0.1, 0.15) is 51.9 Å². The molecule has 1 N–H and O–H groups in total. The van der Waals surface area contributed by atoms with Crippen LogP contribution in [-0.2, 0) is 4.74 Å². The minimum Gasteiger partial charge on any atom is -0.375 e. The molecular formula is C15H29NOS. The van der Waals surface area contributed by atoms with Crippen molar-refractivity contribution in [2.24, 2.45) is 5.92 Å². The molecule has 0 aromatic carbocycles. The third-order valence-corrected chi connectivity index (χ3v) is 5.28. The van der Waals surface area contributed by atoms with E-state index >= 15 is 0 Å². The molecule has 1 aliphatic heterocycles. The van der Waals surface area contributed by atoms with Crippen molar-refractivity contribution in [3.05, 3.63) is 0 Å². The fourth-order valence-electron chi connectivity index (χ4n) is 3.22. The normalized spacial score (nSPS) is 28.2. The molecule has 2 nitrogen and oxygen atoms in total. The summed E-state index contributed by atoms with van der Waals surface area (Å²) in [6, 6.07) is 0.598. The Balaban J connectivity index is 1.82. The molecule has 18 heavy (non-hydrogen) atoms. The first-order valence-electron chi connectivity index (χ1n) is 7.83. The van der Waals surface area contributed by atoms with Crippen LogP contribution in [0.3, 0.4) is 0 Å². The van der Waals surface area contributed by atoms with Crippen LogP contribution in [-0.4, -0.2) is 36.8 Å². The highest BCUT2D eigenvalue weighted by Gasteiger charge is 2.27. The van der Waals surface area contributed by atoms with Crippen molar-refractivity contribution in [2.75, 3.05) is 24.7 Å². The molecule has 2 atom stereocenters. The zero-order chi connectivity index (χ0) is 12.6. The molecule has 2 fully saturated rings. The van der Waals surface area contributed by atoms with Crippen molar-refractivity contribution in [3.63, 3.8) is 0 Å². The van der Waals surface area contributed by atoms with Gasteiger partial charge in [-0.3, -0.25) is 0 Å². The smallest absolute Gasteiger partial charge is 0.0818 e. The van der Waals surface area contributed by atoms with E-state index in [0.29, 0.717) is 12.1 Å². The van der Waals surface area contributed by atoms with Gasteiger partial charge in [-0.05, 0) is 25.3 Å². The first kappa shape index (κ1) is 14.7. The number of nitrogens with one attached hydrogen (secondary N) is 1. The summed E-state index contributed by atoms with van der Waals surface area (Å²) in [5, 5.41) is 3.75. The van der Waals surface area contributed by atoms with Gasteiger partial charge in [-0.1, -0.05) is 39.0 Å². The Kier molecular flexibility index (Phi) is 6.88. The predicted octanol–water partition coefficient (Wildman–Crippen LogP) is 3.46. The van der Waals surface area contributed by atoms with Gasteiger partial charge in [-0.25, -0.2) is 0 Å². The highest BCUT2D eigenvalue weighted by Crippen LogP contribution is 2.29. The van der Waals surface area contributed by atoms with E-state index in [9.17, 15) is 0 Å². The Morgan fingerprint density at radius 1 is 1.28 bits per heavy atom. The Bertz CT molecular complexity index is 213. The Labute approximate surface area is 117 Å². The van der Waals surface area contributed by atoms with Gasteiger partial charge in [0, 0.05) is 17.5 Å². The lowest BCUT2D eigenvalue weighted by molar-refractivity contribution is 0.0382. The molecule has 0 amide bonds. The number of hydrogen-bond acceptors (Lipinski definition) is 3. The maximum absolute atomic E-state index is 6.00. The summed E-state index contributed by atoms with van der Waals surface area (Å²) in [5.74, 6) is 3.32. The first-order valence-corrected chi connectivity index (χ1v) is 8.98. The van der Waals surface area contributed by atoms with E-state index in [-0.39, 0.29) is 0 Å². The number of rotatable bonds is 6. The van der Waals surface area contributed by atoms with Crippen LogP contribution in [0.25, 0.3) is 0 Å². The van der Waals surface area contributed by atoms with Crippen LogP contribution < -0.4 is 5.32 Å². The largest absolute Gasteiger partial charge is 0.375 e. The molecule has 1 heterocycles. The predicted molar refractivity (Wildman–Crippen MR) is 80.3 cm³/mol. The number of hydrogen-bond donors (Lipinski definition) is 1. The van der Waals surface area contributed by atoms with Crippen molar-refractivity contribution in [2.45, 2.75) is 64.0 Å². The molecule has 0 radical (unpaired) electrons. The van der Waals surface area contributed by atoms with E-state index < -0.39 is 0 Å². The van der Waals surface area contributed by atoms with Gasteiger partial charge >= 0.3 is 0 Å². The molecule has 0 aromatic rings. The molecule has 1 saturated carbocycles. The molecule has 0 spiro atoms. The monoisotopic (exact) mass is 271 g/mol. The van der Waals surface area contributed by atoms with Crippen molar-refractivity contribution in [1.29, 1.82) is 0 Å². The van der Waals surface area contributed by atoms with Gasteiger partial charge in [0.05, 0.1) is 12.7 Å². The number of thioether (sulfide) groups is 1. The fraction of sp³-hybridized carbons (Fsp3) is 1.00. The molecule has 0 bridgehead atoms. The second kappa shape index (κ2) is 8.44. The fourth-order valence-corrected chi connectivity index (χ4v) is 4.16. The van der Waals surface area contributed by atoms with Crippen molar-refractivity contribution in [1.82, 2.24) is 5.32 Å². The number of ether oxygens (including phenoxy) is 1. The lowest BCUT2D eigenvalue weighted by Crippen LogP contribution is -2.46. The Hall–Kier alpha value is 0.270. The van der Waals surface area contributed by atoms with Crippen LogP contribution >= 0.6 is 11.8 Å². The maximum Gasteiger partial charge on any atom is 0.0818 e. The molecule has 1 aliphatic carbocycles. The summed E-state index contributed by atoms with van der Waals surface area (Å²) in [6.45, 7) is 4.34. The summed E-state index contributed by atoms with van der Waals surface area (Å²) >= 11 is 2.06. The zero-order valence-electron chi connectivity index (χ0n) is 11.8. The molecule has 0 aromatic heterocycles. The van der Waals surface area contributed by atoms with Crippen LogP contribution in [0.5, 0.6) is 0 Å². The van der Waals surface area contributed by atoms with Crippen molar-refractivity contribution < 1.29 is 4.74 Å². The second-order valence-corrected chi connectivity index (χ2v) is 6.93. The van der Waals surface area contributed by atoms with E-state index in [0.717, 1.165) is 19.1 Å². The van der Waals surface area contributed by atoms with Gasteiger partial charge in [0.2, 0.25) is 0 Å². The maximum atomic E-state index is 6.00. The van der Waals surface area contributed by atoms with Crippen molar-refractivity contribution >= 4 is 11.8 Å². The molecule has 2 unspecified atom stereocenters. The van der Waals surface area contributed by atoms with E-state index in [1.165, 1.54) is 56.5 Å². The topological polar surface area (TPSA) is 21.3 Å². The lowest BCUT2D eigenvalue weighted by Gasteiger charge is -2.34. The van der Waals surface area contributed by atoms with Gasteiger partial charge in [-0.2, -0.15) is 11.8 Å². The van der Waals surface area contributed by atoms with E-state index in [4.69, 9.17) is 4.74 Å². The van der Waals surface area contributed by atoms with E-state index in [1.807, 2.05) is 0 Å². The summed E-state index contributed by atoms with van der Waals surface area (Å²) in [5.41, 5.74) is 0. The van der Waals surface area contributed by atoms with Gasteiger partial charge in [0.1, 0.15) is 0 Å². The van der Waals surface area contributed by atoms with Gasteiger partial charge in [-0.15, -0.1) is 0 Å². The van der Waals surface area contributed by atoms with E-state index in [1.54, 1.807) is 0 Å². The van der Waals surface area contributed by atoms with Gasteiger partial charge in [0.25, 0.3) is 0 Å². The van der Waals surface area contributed by atoms with E-state index in [2.05, 4.69) is 24.0 Å². The minimum absolute atomic E-state index is 0.456. The van der Waals surface area contributed by atoms with Crippen molar-refractivity contribution in [3.8, 4) is 0 Å². The second-order valence-electron chi connectivity index (χ2n) is 5.78. The average Bonchev–Trinajstić information content (AvgIpc) is 2.45. The highest BCUT2D eigenvalue weighted by atomic mass is 32.2. The first-order chi connectivity index (χ1) is 8.90. The highest BCUT2D eigenvalue weighted by molar-refractivity contribution is 7.99. The van der Waals surface area contributed by atoms with Crippen LogP contribution in [0.4, 0.5) is 0 Å². The molecule has 2 rings (SSSR count). The summed E-state index contributed by atoms with van der Waals surface area (Å²) < 4.78 is 6.00. The average molecular weight is 271 g/mol. The summed E-state index contributed by atoms with van der Waals surface area (Å²) in [7, 11) is 0. The molecule has 2 aliphatic rings. The van der Waals surface area contributed by atoms with Crippen LogP contribution in [0, 0.1) is 5.92 Å². The summed E-state index contributed by atoms with van der Waals surface area (Å²) in [6.07, 6.45) is 10.3. The van der Waals surface area contributed by atoms with Crippen LogP contribution in [0.2, 0.25) is 0 Å². The standard InChI is InChI=1S/C15H29NOS/c1-2-8-16-14(15-12-18-10-9-17-15)11-13-6-4-3-5-7-13/h13-16H,2-12H2,1H3. The van der Waals surface area contributed by atoms with Gasteiger partial charge < -0.3 is 10.1 Å². The minimum atomic E-state index is 0.456. The molecular weight excluding hydrogens is 242 g/mol. The molecule has 106 valence electrons. The molecule has 3 heteroatoms. The quantitative estimate of drug-likeness (QED) is 0.799. The van der Waals surface area contributed by atoms with Crippen LogP contribution in [0.15, 0.2) is 0 Å². The molecule has 1 saturated heterocycles. The van der Waals surface area contributed by atoms with Gasteiger partial charge in [0.15, 0.2) is 0 Å². The Morgan fingerprint density at radius 2 is 2.11 bits per heavy atom. The third-order valence-electron chi connectivity index (χ3n) is 4.26.